The van der Waals surface area contributed by atoms with E-state index in [1.54, 1.807) is 9.80 Å². The van der Waals surface area contributed by atoms with Crippen molar-refractivity contribution >= 4 is 22.7 Å². The second-order valence-corrected chi connectivity index (χ2v) is 10.7. The molecule has 5 rings (SSSR count). The molecule has 214 valence electrons. The van der Waals surface area contributed by atoms with Crippen LogP contribution in [0, 0.1) is 0 Å². The van der Waals surface area contributed by atoms with E-state index in [2.05, 4.69) is 4.98 Å². The lowest BCUT2D eigenvalue weighted by Gasteiger charge is -2.30. The first-order valence-electron chi connectivity index (χ1n) is 14.1. The van der Waals surface area contributed by atoms with Crippen molar-refractivity contribution in [2.45, 2.75) is 57.3 Å². The Labute approximate surface area is 238 Å². The van der Waals surface area contributed by atoms with E-state index in [0.29, 0.717) is 24.9 Å². The molecule has 2 amide bonds. The van der Waals surface area contributed by atoms with Gasteiger partial charge in [-0.3, -0.25) is 9.59 Å². The third-order valence-electron chi connectivity index (χ3n) is 7.82. The lowest BCUT2D eigenvalue weighted by atomic mass is 9.95. The van der Waals surface area contributed by atoms with Crippen LogP contribution in [0.3, 0.4) is 0 Å². The van der Waals surface area contributed by atoms with Crippen molar-refractivity contribution in [2.24, 2.45) is 0 Å². The Balaban J connectivity index is 1.36. The van der Waals surface area contributed by atoms with Gasteiger partial charge in [-0.05, 0) is 60.6 Å². The lowest BCUT2D eigenvalue weighted by Crippen LogP contribution is -2.45. The van der Waals surface area contributed by atoms with E-state index in [1.165, 1.54) is 12.1 Å². The summed E-state index contributed by atoms with van der Waals surface area (Å²) in [6, 6.07) is 22.5. The zero-order chi connectivity index (χ0) is 29.0. The van der Waals surface area contributed by atoms with Crippen molar-refractivity contribution in [3.8, 4) is 0 Å². The molecule has 1 atom stereocenters. The molecule has 1 unspecified atom stereocenters. The van der Waals surface area contributed by atoms with Crippen LogP contribution in [0.15, 0.2) is 85.1 Å². The first-order valence-corrected chi connectivity index (χ1v) is 14.1. The van der Waals surface area contributed by atoms with Crippen LogP contribution in [0.25, 0.3) is 10.9 Å². The molecule has 4 aromatic rings. The molecule has 0 bridgehead atoms. The van der Waals surface area contributed by atoms with Gasteiger partial charge in [0.05, 0.1) is 11.5 Å². The summed E-state index contributed by atoms with van der Waals surface area (Å²) in [6.07, 6.45) is 0.405. The highest BCUT2D eigenvalue weighted by atomic mass is 19.4. The van der Waals surface area contributed by atoms with Crippen molar-refractivity contribution in [1.29, 1.82) is 0 Å². The third kappa shape index (κ3) is 6.81. The molecule has 1 fully saturated rings. The Bertz CT molecular complexity index is 1480. The van der Waals surface area contributed by atoms with Crippen LogP contribution in [0.1, 0.15) is 54.4 Å². The van der Waals surface area contributed by atoms with Gasteiger partial charge in [-0.2, -0.15) is 13.2 Å². The van der Waals surface area contributed by atoms with E-state index in [1.807, 2.05) is 67.7 Å². The van der Waals surface area contributed by atoms with Gasteiger partial charge in [0.25, 0.3) is 0 Å². The Morgan fingerprint density at radius 1 is 0.951 bits per heavy atom. The number of halogens is 3. The zero-order valence-electron chi connectivity index (χ0n) is 23.0. The number of fused-ring (bicyclic) bond motifs is 1. The molecule has 0 radical (unpaired) electrons. The maximum absolute atomic E-state index is 13.8. The van der Waals surface area contributed by atoms with E-state index in [0.717, 1.165) is 47.0 Å². The smallest absolute Gasteiger partial charge is 0.361 e. The van der Waals surface area contributed by atoms with Gasteiger partial charge in [0.1, 0.15) is 6.54 Å². The molecule has 1 saturated carbocycles. The summed E-state index contributed by atoms with van der Waals surface area (Å²) in [5.41, 5.74) is 2.86. The number of amides is 2. The average molecular weight is 562 g/mol. The number of aromatic nitrogens is 1. The minimum atomic E-state index is -4.43. The highest BCUT2D eigenvalue weighted by Gasteiger charge is 2.37. The standard InChI is InChI=1S/C33H34F3N3O2/c1-2-28(24-8-4-3-5-9-24)32(41)39(27-16-17-27)22-31(40)38(21-23-12-14-26(15-13-23)33(34,35)36)19-18-25-20-37-30-11-7-6-10-29(25)30/h3-15,20,27-28,37H,2,16-19,21-22H2,1H3. The van der Waals surface area contributed by atoms with E-state index >= 15 is 0 Å². The molecule has 41 heavy (non-hydrogen) atoms. The predicted octanol–water partition coefficient (Wildman–Crippen LogP) is 6.94. The average Bonchev–Trinajstić information content (AvgIpc) is 3.73. The number of rotatable bonds is 11. The van der Waals surface area contributed by atoms with Gasteiger partial charge in [0.2, 0.25) is 11.8 Å². The number of aromatic amines is 1. The topological polar surface area (TPSA) is 56.4 Å². The van der Waals surface area contributed by atoms with Gasteiger partial charge < -0.3 is 14.8 Å². The van der Waals surface area contributed by atoms with Gasteiger partial charge >= 0.3 is 6.18 Å². The summed E-state index contributed by atoms with van der Waals surface area (Å²) in [5, 5.41) is 1.07. The zero-order valence-corrected chi connectivity index (χ0v) is 23.0. The highest BCUT2D eigenvalue weighted by Crippen LogP contribution is 2.32. The number of carbonyl (C=O) groups is 2. The van der Waals surface area contributed by atoms with Gasteiger partial charge in [-0.15, -0.1) is 0 Å². The van der Waals surface area contributed by atoms with Crippen LogP contribution >= 0.6 is 0 Å². The normalized spacial score (nSPS) is 14.1. The number of H-pyrrole nitrogens is 1. The summed E-state index contributed by atoms with van der Waals surface area (Å²) in [6.45, 7) is 2.44. The molecular formula is C33H34F3N3O2. The van der Waals surface area contributed by atoms with Crippen molar-refractivity contribution in [3.05, 3.63) is 107 Å². The SMILES string of the molecule is CCC(C(=O)N(CC(=O)N(CCc1c[nH]c2ccccc12)Cc1ccc(C(F)(F)F)cc1)C1CC1)c1ccccc1. The third-order valence-corrected chi connectivity index (χ3v) is 7.82. The fraction of sp³-hybridized carbons (Fsp3) is 0.333. The minimum absolute atomic E-state index is 0.0331. The van der Waals surface area contributed by atoms with E-state index in [4.69, 9.17) is 0 Å². The Morgan fingerprint density at radius 2 is 1.63 bits per heavy atom. The number of benzene rings is 3. The maximum Gasteiger partial charge on any atom is 0.416 e. The summed E-state index contributed by atoms with van der Waals surface area (Å²) < 4.78 is 39.4. The Hall–Kier alpha value is -4.07. The molecule has 0 aliphatic heterocycles. The first kappa shape index (κ1) is 28.5. The van der Waals surface area contributed by atoms with Crippen molar-refractivity contribution < 1.29 is 22.8 Å². The molecule has 1 heterocycles. The van der Waals surface area contributed by atoms with Crippen molar-refractivity contribution in [3.63, 3.8) is 0 Å². The van der Waals surface area contributed by atoms with E-state index < -0.39 is 11.7 Å². The van der Waals surface area contributed by atoms with Crippen LogP contribution in [-0.2, 0) is 28.7 Å². The van der Waals surface area contributed by atoms with Crippen molar-refractivity contribution in [2.75, 3.05) is 13.1 Å². The lowest BCUT2D eigenvalue weighted by molar-refractivity contribution is -0.142. The van der Waals surface area contributed by atoms with Gasteiger partial charge in [0.15, 0.2) is 0 Å². The van der Waals surface area contributed by atoms with Crippen LogP contribution < -0.4 is 0 Å². The predicted molar refractivity (Wildman–Crippen MR) is 153 cm³/mol. The molecule has 1 aromatic heterocycles. The van der Waals surface area contributed by atoms with E-state index in [9.17, 15) is 22.8 Å². The molecule has 1 N–H and O–H groups in total. The fourth-order valence-corrected chi connectivity index (χ4v) is 5.36. The summed E-state index contributed by atoms with van der Waals surface area (Å²) in [7, 11) is 0. The molecule has 0 saturated heterocycles. The molecule has 1 aliphatic rings. The molecule has 3 aromatic carbocycles. The van der Waals surface area contributed by atoms with E-state index in [-0.39, 0.29) is 36.9 Å². The quantitative estimate of drug-likeness (QED) is 0.216. The first-order chi connectivity index (χ1) is 19.7. The number of carbonyl (C=O) groups excluding carboxylic acids is 2. The fourth-order valence-electron chi connectivity index (χ4n) is 5.36. The number of alkyl halides is 3. The summed E-state index contributed by atoms with van der Waals surface area (Å²) >= 11 is 0. The van der Waals surface area contributed by atoms with Crippen LogP contribution in [0.2, 0.25) is 0 Å². The summed E-state index contributed by atoms with van der Waals surface area (Å²) in [4.78, 5) is 34.2. The van der Waals surface area contributed by atoms with Crippen molar-refractivity contribution in [1.82, 2.24) is 14.8 Å². The molecular weight excluding hydrogens is 527 g/mol. The molecule has 1 aliphatic carbocycles. The Morgan fingerprint density at radius 3 is 2.29 bits per heavy atom. The van der Waals surface area contributed by atoms with Gasteiger partial charge in [-0.25, -0.2) is 0 Å². The number of nitrogens with zero attached hydrogens (tertiary/aromatic N) is 2. The number of nitrogens with one attached hydrogen (secondary N) is 1. The molecule has 8 heteroatoms. The summed E-state index contributed by atoms with van der Waals surface area (Å²) in [5.74, 6) is -0.604. The molecule has 5 nitrogen and oxygen atoms in total. The number of hydrogen-bond acceptors (Lipinski definition) is 2. The number of hydrogen-bond donors (Lipinski definition) is 1. The Kier molecular flexibility index (Phi) is 8.47. The second kappa shape index (κ2) is 12.2. The maximum atomic E-state index is 13.8. The monoisotopic (exact) mass is 561 g/mol. The number of para-hydroxylation sites is 1. The van der Waals surface area contributed by atoms with Crippen LogP contribution in [0.4, 0.5) is 13.2 Å². The van der Waals surface area contributed by atoms with Gasteiger partial charge in [-0.1, -0.05) is 67.6 Å². The largest absolute Gasteiger partial charge is 0.416 e. The highest BCUT2D eigenvalue weighted by molar-refractivity contribution is 5.89. The second-order valence-electron chi connectivity index (χ2n) is 10.7. The van der Waals surface area contributed by atoms with Crippen LogP contribution in [-0.4, -0.2) is 45.7 Å². The minimum Gasteiger partial charge on any atom is -0.361 e. The van der Waals surface area contributed by atoms with Crippen LogP contribution in [0.5, 0.6) is 0 Å². The van der Waals surface area contributed by atoms with Gasteiger partial charge in [0, 0.05) is 36.2 Å². The molecule has 0 spiro atoms.